The fraction of sp³-hybridized carbons (Fsp3) is 0.500. The molecule has 0 aliphatic carbocycles. The second kappa shape index (κ2) is 7.55. The fourth-order valence-electron chi connectivity index (χ4n) is 4.34. The molecule has 2 N–H and O–H groups in total. The Hall–Kier alpha value is -2.81. The molecule has 3 aliphatic heterocycles. The van der Waals surface area contributed by atoms with Crippen molar-refractivity contribution >= 4 is 29.3 Å². The summed E-state index contributed by atoms with van der Waals surface area (Å²) in [6.07, 6.45) is 2.23. The summed E-state index contributed by atoms with van der Waals surface area (Å²) in [4.78, 5) is 51.7. The molecular weight excluding hydrogens is 379 g/mol. The van der Waals surface area contributed by atoms with Crippen molar-refractivity contribution in [3.8, 4) is 0 Å². The predicted octanol–water partition coefficient (Wildman–Crippen LogP) is 0.663. The van der Waals surface area contributed by atoms with Crippen molar-refractivity contribution in [3.05, 3.63) is 29.1 Å². The zero-order valence-electron chi connectivity index (χ0n) is 16.2. The topological polar surface area (TPSA) is 98.8 Å². The van der Waals surface area contributed by atoms with Gasteiger partial charge in [-0.3, -0.25) is 29.4 Å². The quantitative estimate of drug-likeness (QED) is 0.718. The van der Waals surface area contributed by atoms with Crippen molar-refractivity contribution in [1.29, 1.82) is 0 Å². The highest BCUT2D eigenvalue weighted by atomic mass is 19.1. The number of hydrogen-bond acceptors (Lipinski definition) is 6. The van der Waals surface area contributed by atoms with Crippen LogP contribution in [0.25, 0.3) is 0 Å². The van der Waals surface area contributed by atoms with E-state index in [0.29, 0.717) is 12.5 Å². The minimum Gasteiger partial charge on any atom is -0.372 e. The molecule has 2 unspecified atom stereocenters. The van der Waals surface area contributed by atoms with Gasteiger partial charge in [-0.25, -0.2) is 4.39 Å². The number of rotatable bonds is 4. The first kappa shape index (κ1) is 19.5. The number of anilines is 1. The maximum atomic E-state index is 14.8. The third-order valence-corrected chi connectivity index (χ3v) is 5.85. The molecule has 8 nitrogen and oxygen atoms in total. The molecule has 0 radical (unpaired) electrons. The number of benzene rings is 1. The Labute approximate surface area is 167 Å². The standard InChI is InChI=1S/C20H23FN4O4/c1-24(10-11-3-2-6-22-9-11)16-8-13-12(7-14(16)21)19(28)25(20(13)29)15-4-5-17(26)23-18(15)27/h7-8,11,15,22H,2-6,9-10H2,1H3,(H,23,26,27). The molecule has 29 heavy (non-hydrogen) atoms. The Morgan fingerprint density at radius 3 is 2.52 bits per heavy atom. The lowest BCUT2D eigenvalue weighted by molar-refractivity contribution is -0.136. The molecule has 3 heterocycles. The third-order valence-electron chi connectivity index (χ3n) is 5.85. The maximum absolute atomic E-state index is 14.8. The van der Waals surface area contributed by atoms with Gasteiger partial charge in [0.25, 0.3) is 11.8 Å². The zero-order valence-corrected chi connectivity index (χ0v) is 16.2. The van der Waals surface area contributed by atoms with Crippen molar-refractivity contribution in [2.75, 3.05) is 31.6 Å². The molecular formula is C20H23FN4O4. The number of halogens is 1. The number of nitrogens with zero attached hydrogens (tertiary/aromatic N) is 2. The van der Waals surface area contributed by atoms with E-state index in [1.54, 1.807) is 11.9 Å². The van der Waals surface area contributed by atoms with Gasteiger partial charge in [0.05, 0.1) is 16.8 Å². The number of imide groups is 2. The van der Waals surface area contributed by atoms with Gasteiger partial charge in [0.1, 0.15) is 11.9 Å². The molecule has 1 aromatic rings. The Bertz CT molecular complexity index is 897. The lowest BCUT2D eigenvalue weighted by Crippen LogP contribution is -2.54. The van der Waals surface area contributed by atoms with Crippen LogP contribution in [0.2, 0.25) is 0 Å². The van der Waals surface area contributed by atoms with E-state index in [0.717, 1.165) is 36.9 Å². The van der Waals surface area contributed by atoms with Gasteiger partial charge in [0.15, 0.2) is 0 Å². The van der Waals surface area contributed by atoms with E-state index in [-0.39, 0.29) is 29.7 Å². The van der Waals surface area contributed by atoms with E-state index in [1.807, 2.05) is 0 Å². The van der Waals surface area contributed by atoms with Crippen LogP contribution in [-0.2, 0) is 9.59 Å². The summed E-state index contributed by atoms with van der Waals surface area (Å²) in [5.41, 5.74) is 0.291. The lowest BCUT2D eigenvalue weighted by atomic mass is 9.98. The van der Waals surface area contributed by atoms with Gasteiger partial charge in [-0.05, 0) is 50.4 Å². The molecule has 9 heteroatoms. The van der Waals surface area contributed by atoms with Crippen LogP contribution in [0.1, 0.15) is 46.4 Å². The Morgan fingerprint density at radius 2 is 1.86 bits per heavy atom. The van der Waals surface area contributed by atoms with Crippen LogP contribution in [-0.4, -0.2) is 61.3 Å². The third kappa shape index (κ3) is 3.50. The monoisotopic (exact) mass is 402 g/mol. The van der Waals surface area contributed by atoms with Crippen molar-refractivity contribution in [2.24, 2.45) is 5.92 Å². The van der Waals surface area contributed by atoms with Crippen LogP contribution < -0.4 is 15.5 Å². The molecule has 4 amide bonds. The first-order valence-corrected chi connectivity index (χ1v) is 9.83. The van der Waals surface area contributed by atoms with Gasteiger partial charge < -0.3 is 10.2 Å². The summed E-state index contributed by atoms with van der Waals surface area (Å²) < 4.78 is 14.8. The van der Waals surface area contributed by atoms with Gasteiger partial charge in [0, 0.05) is 20.0 Å². The second-order valence-electron chi connectivity index (χ2n) is 7.89. The van der Waals surface area contributed by atoms with E-state index in [9.17, 15) is 23.6 Å². The summed E-state index contributed by atoms with van der Waals surface area (Å²) in [6.45, 7) is 2.47. The number of nitrogens with one attached hydrogen (secondary N) is 2. The smallest absolute Gasteiger partial charge is 0.262 e. The van der Waals surface area contributed by atoms with Crippen LogP contribution in [0.15, 0.2) is 12.1 Å². The van der Waals surface area contributed by atoms with Gasteiger partial charge in [0.2, 0.25) is 11.8 Å². The molecule has 1 aromatic carbocycles. The fourth-order valence-corrected chi connectivity index (χ4v) is 4.34. The summed E-state index contributed by atoms with van der Waals surface area (Å²) >= 11 is 0. The maximum Gasteiger partial charge on any atom is 0.262 e. The Balaban J connectivity index is 1.59. The number of fused-ring (bicyclic) bond motifs is 1. The zero-order chi connectivity index (χ0) is 20.7. The summed E-state index contributed by atoms with van der Waals surface area (Å²) in [6, 6.07) is 1.41. The number of carbonyl (C=O) groups excluding carboxylic acids is 4. The highest BCUT2D eigenvalue weighted by Crippen LogP contribution is 2.32. The highest BCUT2D eigenvalue weighted by Gasteiger charge is 2.45. The number of carbonyl (C=O) groups is 4. The first-order valence-electron chi connectivity index (χ1n) is 9.83. The van der Waals surface area contributed by atoms with Crippen molar-refractivity contribution in [2.45, 2.75) is 31.7 Å². The molecule has 0 saturated carbocycles. The number of piperidine rings is 2. The van der Waals surface area contributed by atoms with E-state index in [2.05, 4.69) is 10.6 Å². The Morgan fingerprint density at radius 1 is 1.14 bits per heavy atom. The molecule has 2 saturated heterocycles. The summed E-state index contributed by atoms with van der Waals surface area (Å²) in [5.74, 6) is -2.66. The molecule has 2 fully saturated rings. The summed E-state index contributed by atoms with van der Waals surface area (Å²) in [7, 11) is 1.76. The van der Waals surface area contributed by atoms with Crippen LogP contribution in [0.5, 0.6) is 0 Å². The molecule has 0 aromatic heterocycles. The number of amides is 4. The van der Waals surface area contributed by atoms with E-state index in [1.165, 1.54) is 6.07 Å². The first-order chi connectivity index (χ1) is 13.9. The molecule has 154 valence electrons. The molecule has 0 spiro atoms. The van der Waals surface area contributed by atoms with Crippen LogP contribution >= 0.6 is 0 Å². The van der Waals surface area contributed by atoms with Crippen molar-refractivity contribution in [3.63, 3.8) is 0 Å². The van der Waals surface area contributed by atoms with E-state index >= 15 is 0 Å². The van der Waals surface area contributed by atoms with Gasteiger partial charge in [-0.2, -0.15) is 0 Å². The Kier molecular flexibility index (Phi) is 5.08. The molecule has 2 atom stereocenters. The number of hydrogen-bond donors (Lipinski definition) is 2. The largest absolute Gasteiger partial charge is 0.372 e. The van der Waals surface area contributed by atoms with Crippen LogP contribution in [0.3, 0.4) is 0 Å². The van der Waals surface area contributed by atoms with E-state index in [4.69, 9.17) is 0 Å². The minimum atomic E-state index is -1.06. The average Bonchev–Trinajstić information content (AvgIpc) is 2.92. The van der Waals surface area contributed by atoms with Crippen molar-refractivity contribution in [1.82, 2.24) is 15.5 Å². The molecule has 4 rings (SSSR count). The highest BCUT2D eigenvalue weighted by molar-refractivity contribution is 6.23. The van der Waals surface area contributed by atoms with Gasteiger partial charge in [-0.15, -0.1) is 0 Å². The van der Waals surface area contributed by atoms with Crippen molar-refractivity contribution < 1.29 is 23.6 Å². The predicted molar refractivity (Wildman–Crippen MR) is 102 cm³/mol. The van der Waals surface area contributed by atoms with Gasteiger partial charge in [-0.1, -0.05) is 0 Å². The average molecular weight is 402 g/mol. The van der Waals surface area contributed by atoms with E-state index < -0.39 is 35.5 Å². The van der Waals surface area contributed by atoms with Gasteiger partial charge >= 0.3 is 0 Å². The normalized spacial score (nSPS) is 24.6. The van der Waals surface area contributed by atoms with Crippen LogP contribution in [0.4, 0.5) is 10.1 Å². The van der Waals surface area contributed by atoms with Crippen LogP contribution in [0, 0.1) is 11.7 Å². The lowest BCUT2D eigenvalue weighted by Gasteiger charge is -2.29. The second-order valence-corrected chi connectivity index (χ2v) is 7.89. The minimum absolute atomic E-state index is 0.0432. The molecule has 0 bridgehead atoms. The molecule has 3 aliphatic rings. The SMILES string of the molecule is CN(CC1CCCNC1)c1cc2c(cc1F)C(=O)N(C1CCC(=O)NC1=O)C2=O. The summed E-state index contributed by atoms with van der Waals surface area (Å²) in [5, 5.41) is 5.47.